The molecular weight excluding hydrogens is 208 g/mol. The third-order valence-electron chi connectivity index (χ3n) is 2.53. The maximum absolute atomic E-state index is 5.64. The summed E-state index contributed by atoms with van der Waals surface area (Å²) in [6.07, 6.45) is 0. The number of benzene rings is 1. The summed E-state index contributed by atoms with van der Waals surface area (Å²) in [5, 5.41) is 7.76. The van der Waals surface area contributed by atoms with E-state index in [1.165, 1.54) is 0 Å². The standard InChI is InChI=1S/C10H10N4O2/c1-6-10(11)12-13-14(6)7-2-3-8-9(4-7)16-5-15-8/h2-4H,5,11H2,1H3. The van der Waals surface area contributed by atoms with Crippen LogP contribution in [0.3, 0.4) is 0 Å². The minimum absolute atomic E-state index is 0.261. The summed E-state index contributed by atoms with van der Waals surface area (Å²) in [7, 11) is 0. The van der Waals surface area contributed by atoms with Crippen LogP contribution in [0.5, 0.6) is 11.5 Å². The van der Waals surface area contributed by atoms with E-state index in [1.807, 2.05) is 25.1 Å². The quantitative estimate of drug-likeness (QED) is 0.769. The Morgan fingerprint density at radius 3 is 2.88 bits per heavy atom. The first kappa shape index (κ1) is 9.02. The fourth-order valence-corrected chi connectivity index (χ4v) is 1.60. The Hall–Kier alpha value is -2.24. The Labute approximate surface area is 91.6 Å². The van der Waals surface area contributed by atoms with Crippen LogP contribution in [0.1, 0.15) is 5.69 Å². The first-order valence-corrected chi connectivity index (χ1v) is 4.83. The van der Waals surface area contributed by atoms with Crippen LogP contribution >= 0.6 is 0 Å². The van der Waals surface area contributed by atoms with Gasteiger partial charge in [-0.2, -0.15) is 0 Å². The van der Waals surface area contributed by atoms with Crippen molar-refractivity contribution in [3.8, 4) is 17.2 Å². The molecule has 0 saturated carbocycles. The van der Waals surface area contributed by atoms with Crippen molar-refractivity contribution >= 4 is 5.82 Å². The van der Waals surface area contributed by atoms with Crippen molar-refractivity contribution in [2.24, 2.45) is 0 Å². The van der Waals surface area contributed by atoms with Crippen LogP contribution in [-0.2, 0) is 0 Å². The molecule has 1 aromatic heterocycles. The highest BCUT2D eigenvalue weighted by atomic mass is 16.7. The predicted octanol–water partition coefficient (Wildman–Crippen LogP) is 0.887. The molecule has 2 heterocycles. The highest BCUT2D eigenvalue weighted by Crippen LogP contribution is 2.33. The van der Waals surface area contributed by atoms with Gasteiger partial charge in [0.25, 0.3) is 0 Å². The van der Waals surface area contributed by atoms with Crippen LogP contribution in [0.2, 0.25) is 0 Å². The van der Waals surface area contributed by atoms with Gasteiger partial charge in [-0.25, -0.2) is 4.68 Å². The molecule has 0 saturated heterocycles. The lowest BCUT2D eigenvalue weighted by Crippen LogP contribution is -1.99. The van der Waals surface area contributed by atoms with Gasteiger partial charge in [-0.1, -0.05) is 5.21 Å². The van der Waals surface area contributed by atoms with Gasteiger partial charge < -0.3 is 15.2 Å². The van der Waals surface area contributed by atoms with Gasteiger partial charge in [-0.3, -0.25) is 0 Å². The molecule has 2 N–H and O–H groups in total. The zero-order valence-electron chi connectivity index (χ0n) is 8.67. The summed E-state index contributed by atoms with van der Waals surface area (Å²) < 4.78 is 12.2. The highest BCUT2D eigenvalue weighted by Gasteiger charge is 2.15. The molecule has 1 aromatic carbocycles. The summed E-state index contributed by atoms with van der Waals surface area (Å²) in [4.78, 5) is 0. The normalized spacial score (nSPS) is 13.1. The number of anilines is 1. The molecule has 0 radical (unpaired) electrons. The molecule has 82 valence electrons. The summed E-state index contributed by atoms with van der Waals surface area (Å²) in [6.45, 7) is 2.12. The van der Waals surface area contributed by atoms with Crippen molar-refractivity contribution in [2.75, 3.05) is 12.5 Å². The van der Waals surface area contributed by atoms with Gasteiger partial charge in [0.15, 0.2) is 17.3 Å². The first-order valence-electron chi connectivity index (χ1n) is 4.83. The van der Waals surface area contributed by atoms with E-state index >= 15 is 0 Å². The Morgan fingerprint density at radius 1 is 1.31 bits per heavy atom. The maximum atomic E-state index is 5.64. The highest BCUT2D eigenvalue weighted by molar-refractivity contribution is 5.51. The van der Waals surface area contributed by atoms with Gasteiger partial charge >= 0.3 is 0 Å². The van der Waals surface area contributed by atoms with Gasteiger partial charge in [0.05, 0.1) is 11.4 Å². The van der Waals surface area contributed by atoms with Gasteiger partial charge in [-0.15, -0.1) is 5.10 Å². The fraction of sp³-hybridized carbons (Fsp3) is 0.200. The molecule has 1 aliphatic heterocycles. The molecule has 0 bridgehead atoms. The molecule has 6 nitrogen and oxygen atoms in total. The molecule has 6 heteroatoms. The lowest BCUT2D eigenvalue weighted by atomic mass is 10.2. The summed E-state index contributed by atoms with van der Waals surface area (Å²) >= 11 is 0. The smallest absolute Gasteiger partial charge is 0.231 e. The number of ether oxygens (including phenoxy) is 2. The molecule has 0 unspecified atom stereocenters. The summed E-state index contributed by atoms with van der Waals surface area (Å²) in [6, 6.07) is 5.58. The van der Waals surface area contributed by atoms with Crippen molar-refractivity contribution in [1.82, 2.24) is 15.0 Å². The van der Waals surface area contributed by atoms with E-state index in [4.69, 9.17) is 15.2 Å². The third kappa shape index (κ3) is 1.19. The van der Waals surface area contributed by atoms with Crippen molar-refractivity contribution in [1.29, 1.82) is 0 Å². The number of rotatable bonds is 1. The lowest BCUT2D eigenvalue weighted by molar-refractivity contribution is 0.174. The zero-order chi connectivity index (χ0) is 11.1. The summed E-state index contributed by atoms with van der Waals surface area (Å²) in [5.41, 5.74) is 7.30. The fourth-order valence-electron chi connectivity index (χ4n) is 1.60. The van der Waals surface area contributed by atoms with Crippen molar-refractivity contribution in [3.63, 3.8) is 0 Å². The first-order chi connectivity index (χ1) is 7.75. The largest absolute Gasteiger partial charge is 0.454 e. The molecule has 1 aliphatic rings. The number of nitrogens with zero attached hydrogens (tertiary/aromatic N) is 3. The second kappa shape index (κ2) is 3.13. The Kier molecular flexibility index (Phi) is 1.76. The second-order valence-corrected chi connectivity index (χ2v) is 3.51. The van der Waals surface area contributed by atoms with Crippen molar-refractivity contribution in [3.05, 3.63) is 23.9 Å². The minimum Gasteiger partial charge on any atom is -0.454 e. The monoisotopic (exact) mass is 218 g/mol. The average Bonchev–Trinajstić information content (AvgIpc) is 2.86. The number of fused-ring (bicyclic) bond motifs is 1. The van der Waals surface area contributed by atoms with E-state index in [0.29, 0.717) is 11.6 Å². The number of hydrogen-bond donors (Lipinski definition) is 1. The van der Waals surface area contributed by atoms with Crippen LogP contribution in [0.4, 0.5) is 5.82 Å². The lowest BCUT2D eigenvalue weighted by Gasteiger charge is -2.03. The second-order valence-electron chi connectivity index (χ2n) is 3.51. The van der Waals surface area contributed by atoms with Crippen LogP contribution in [0.15, 0.2) is 18.2 Å². The molecule has 0 amide bonds. The number of nitrogens with two attached hydrogens (primary N) is 1. The van der Waals surface area contributed by atoms with Crippen LogP contribution in [0, 0.1) is 6.92 Å². The Bertz CT molecular complexity index is 550. The predicted molar refractivity (Wildman–Crippen MR) is 56.6 cm³/mol. The molecule has 0 spiro atoms. The zero-order valence-corrected chi connectivity index (χ0v) is 8.67. The minimum atomic E-state index is 0.261. The Balaban J connectivity index is 2.10. The SMILES string of the molecule is Cc1c(N)nnn1-c1ccc2c(c1)OCO2. The van der Waals surface area contributed by atoms with Gasteiger partial charge in [0, 0.05) is 6.07 Å². The Morgan fingerprint density at radius 2 is 2.12 bits per heavy atom. The van der Waals surface area contributed by atoms with E-state index in [0.717, 1.165) is 17.1 Å². The van der Waals surface area contributed by atoms with Gasteiger partial charge in [-0.05, 0) is 19.1 Å². The number of aromatic nitrogens is 3. The van der Waals surface area contributed by atoms with Crippen LogP contribution < -0.4 is 15.2 Å². The van der Waals surface area contributed by atoms with Crippen LogP contribution in [0.25, 0.3) is 5.69 Å². The van der Waals surface area contributed by atoms with E-state index in [-0.39, 0.29) is 6.79 Å². The number of hydrogen-bond acceptors (Lipinski definition) is 5. The third-order valence-corrected chi connectivity index (χ3v) is 2.53. The molecule has 0 aliphatic carbocycles. The molecule has 0 fully saturated rings. The van der Waals surface area contributed by atoms with E-state index < -0.39 is 0 Å². The van der Waals surface area contributed by atoms with E-state index in [9.17, 15) is 0 Å². The van der Waals surface area contributed by atoms with Crippen molar-refractivity contribution in [2.45, 2.75) is 6.92 Å². The average molecular weight is 218 g/mol. The molecule has 3 rings (SSSR count). The van der Waals surface area contributed by atoms with Gasteiger partial charge in [0.2, 0.25) is 6.79 Å². The topological polar surface area (TPSA) is 75.2 Å². The maximum Gasteiger partial charge on any atom is 0.231 e. The van der Waals surface area contributed by atoms with Gasteiger partial charge in [0.1, 0.15) is 0 Å². The van der Waals surface area contributed by atoms with E-state index in [1.54, 1.807) is 4.68 Å². The summed E-state index contributed by atoms with van der Waals surface area (Å²) in [5.74, 6) is 1.89. The number of nitrogen functional groups attached to an aromatic ring is 1. The molecule has 0 atom stereocenters. The molecule has 2 aromatic rings. The van der Waals surface area contributed by atoms with Crippen LogP contribution in [-0.4, -0.2) is 21.8 Å². The van der Waals surface area contributed by atoms with Crippen molar-refractivity contribution < 1.29 is 9.47 Å². The molecule has 16 heavy (non-hydrogen) atoms. The van der Waals surface area contributed by atoms with E-state index in [2.05, 4.69) is 10.3 Å². The molecular formula is C10H10N4O2.